The lowest BCUT2D eigenvalue weighted by molar-refractivity contribution is -0.113. The van der Waals surface area contributed by atoms with Crippen molar-refractivity contribution in [2.45, 2.75) is 0 Å². The summed E-state index contributed by atoms with van der Waals surface area (Å²) >= 11 is 6.07. The number of rotatable bonds is 4. The summed E-state index contributed by atoms with van der Waals surface area (Å²) in [4.78, 5) is 10.6. The van der Waals surface area contributed by atoms with Crippen LogP contribution >= 0.6 is 11.6 Å². The van der Waals surface area contributed by atoms with Crippen LogP contribution in [0.2, 0.25) is 5.02 Å². The summed E-state index contributed by atoms with van der Waals surface area (Å²) in [5, 5.41) is 0.374. The van der Waals surface area contributed by atoms with Crippen molar-refractivity contribution in [3.63, 3.8) is 0 Å². The van der Waals surface area contributed by atoms with Gasteiger partial charge in [-0.05, 0) is 23.8 Å². The van der Waals surface area contributed by atoms with E-state index in [0.717, 1.165) is 0 Å². The van der Waals surface area contributed by atoms with Crippen LogP contribution < -0.4 is 15.2 Å². The fourth-order valence-electron chi connectivity index (χ4n) is 1.21. The van der Waals surface area contributed by atoms with E-state index in [0.29, 0.717) is 22.1 Å². The van der Waals surface area contributed by atoms with E-state index in [4.69, 9.17) is 26.8 Å². The maximum absolute atomic E-state index is 10.6. The van der Waals surface area contributed by atoms with Crippen molar-refractivity contribution in [3.05, 3.63) is 28.8 Å². The van der Waals surface area contributed by atoms with E-state index < -0.39 is 5.91 Å². The van der Waals surface area contributed by atoms with Crippen molar-refractivity contribution in [2.24, 2.45) is 5.73 Å². The lowest BCUT2D eigenvalue weighted by Crippen LogP contribution is -2.05. The van der Waals surface area contributed by atoms with Crippen molar-refractivity contribution < 1.29 is 14.3 Å². The predicted octanol–water partition coefficient (Wildman–Crippen LogP) is 1.86. The molecule has 16 heavy (non-hydrogen) atoms. The number of methoxy groups -OCH3 is 2. The number of amides is 1. The van der Waals surface area contributed by atoms with E-state index in [1.807, 2.05) is 0 Å². The fourth-order valence-corrected chi connectivity index (χ4v) is 1.50. The molecular formula is C11H12ClNO3. The Kier molecular flexibility index (Phi) is 4.19. The van der Waals surface area contributed by atoms with Gasteiger partial charge in [0, 0.05) is 6.08 Å². The zero-order chi connectivity index (χ0) is 12.1. The average molecular weight is 242 g/mol. The number of hydrogen-bond acceptors (Lipinski definition) is 3. The molecule has 4 nitrogen and oxygen atoms in total. The summed E-state index contributed by atoms with van der Waals surface area (Å²) < 4.78 is 10.2. The summed E-state index contributed by atoms with van der Waals surface area (Å²) in [5.74, 6) is 0.422. The lowest BCUT2D eigenvalue weighted by Gasteiger charge is -2.10. The first-order valence-electron chi connectivity index (χ1n) is 4.48. The van der Waals surface area contributed by atoms with Gasteiger partial charge in [0.05, 0.1) is 19.2 Å². The molecule has 1 aromatic rings. The van der Waals surface area contributed by atoms with Crippen LogP contribution in [0, 0.1) is 0 Å². The summed E-state index contributed by atoms with van der Waals surface area (Å²) in [6, 6.07) is 3.41. The number of nitrogens with two attached hydrogens (primary N) is 1. The van der Waals surface area contributed by atoms with E-state index in [-0.39, 0.29) is 0 Å². The van der Waals surface area contributed by atoms with Gasteiger partial charge in [-0.25, -0.2) is 0 Å². The van der Waals surface area contributed by atoms with Crippen LogP contribution in [0.15, 0.2) is 18.2 Å². The standard InChI is InChI=1S/C11H12ClNO3/c1-15-8-5-3-7(4-6-9(13)14)10(12)11(8)16-2/h3-6H,1-2H3,(H2,13,14)/b6-4+. The summed E-state index contributed by atoms with van der Waals surface area (Å²) in [5.41, 5.74) is 5.63. The molecule has 0 fully saturated rings. The van der Waals surface area contributed by atoms with Gasteiger partial charge in [-0.1, -0.05) is 11.6 Å². The molecule has 1 aromatic carbocycles. The Balaban J connectivity index is 3.18. The van der Waals surface area contributed by atoms with E-state index >= 15 is 0 Å². The van der Waals surface area contributed by atoms with E-state index in [1.165, 1.54) is 26.4 Å². The molecule has 0 aliphatic heterocycles. The lowest BCUT2D eigenvalue weighted by atomic mass is 10.2. The molecule has 0 aliphatic rings. The highest BCUT2D eigenvalue weighted by Gasteiger charge is 2.11. The molecule has 0 aromatic heterocycles. The van der Waals surface area contributed by atoms with Gasteiger partial charge in [0.2, 0.25) is 5.91 Å². The fraction of sp³-hybridized carbons (Fsp3) is 0.182. The monoisotopic (exact) mass is 241 g/mol. The Morgan fingerprint density at radius 1 is 1.38 bits per heavy atom. The number of hydrogen-bond donors (Lipinski definition) is 1. The summed E-state index contributed by atoms with van der Waals surface area (Å²) in [6.07, 6.45) is 2.75. The molecule has 1 rings (SSSR count). The highest BCUT2D eigenvalue weighted by Crippen LogP contribution is 2.37. The quantitative estimate of drug-likeness (QED) is 0.819. The Morgan fingerprint density at radius 3 is 2.56 bits per heavy atom. The number of halogens is 1. The van der Waals surface area contributed by atoms with Gasteiger partial charge >= 0.3 is 0 Å². The van der Waals surface area contributed by atoms with Gasteiger partial charge in [0.1, 0.15) is 0 Å². The van der Waals surface area contributed by atoms with Crippen molar-refractivity contribution in [1.82, 2.24) is 0 Å². The summed E-state index contributed by atoms with van der Waals surface area (Å²) in [6.45, 7) is 0. The first-order valence-corrected chi connectivity index (χ1v) is 4.86. The molecule has 5 heteroatoms. The third-order valence-corrected chi connectivity index (χ3v) is 2.33. The van der Waals surface area contributed by atoms with E-state index in [2.05, 4.69) is 0 Å². The van der Waals surface area contributed by atoms with Crippen molar-refractivity contribution in [3.8, 4) is 11.5 Å². The van der Waals surface area contributed by atoms with Gasteiger partial charge in [-0.2, -0.15) is 0 Å². The van der Waals surface area contributed by atoms with Crippen molar-refractivity contribution >= 4 is 23.6 Å². The number of carbonyl (C=O) groups is 1. The highest BCUT2D eigenvalue weighted by molar-refractivity contribution is 6.33. The maximum Gasteiger partial charge on any atom is 0.241 e. The Hall–Kier alpha value is -1.68. The van der Waals surface area contributed by atoms with Gasteiger partial charge in [-0.3, -0.25) is 4.79 Å². The van der Waals surface area contributed by atoms with Gasteiger partial charge in [-0.15, -0.1) is 0 Å². The number of ether oxygens (including phenoxy) is 2. The molecule has 0 heterocycles. The smallest absolute Gasteiger partial charge is 0.241 e. The van der Waals surface area contributed by atoms with E-state index in [9.17, 15) is 4.79 Å². The molecular weight excluding hydrogens is 230 g/mol. The number of benzene rings is 1. The van der Waals surface area contributed by atoms with Gasteiger partial charge in [0.25, 0.3) is 0 Å². The first-order chi connectivity index (χ1) is 7.60. The van der Waals surface area contributed by atoms with Gasteiger partial charge < -0.3 is 15.2 Å². The van der Waals surface area contributed by atoms with Crippen LogP contribution in [0.25, 0.3) is 6.08 Å². The van der Waals surface area contributed by atoms with Crippen molar-refractivity contribution in [2.75, 3.05) is 14.2 Å². The Bertz CT molecular complexity index is 429. The Labute approximate surface area is 98.6 Å². The Morgan fingerprint density at radius 2 is 2.06 bits per heavy atom. The topological polar surface area (TPSA) is 61.5 Å². The zero-order valence-corrected chi connectivity index (χ0v) is 9.75. The first kappa shape index (κ1) is 12.4. The average Bonchev–Trinajstić information content (AvgIpc) is 2.26. The van der Waals surface area contributed by atoms with Crippen LogP contribution in [-0.4, -0.2) is 20.1 Å². The summed E-state index contributed by atoms with van der Waals surface area (Å²) in [7, 11) is 3.01. The minimum absolute atomic E-state index is 0.374. The largest absolute Gasteiger partial charge is 0.493 e. The predicted molar refractivity (Wildman–Crippen MR) is 62.8 cm³/mol. The number of carbonyl (C=O) groups excluding carboxylic acids is 1. The normalized spacial score (nSPS) is 10.4. The minimum Gasteiger partial charge on any atom is -0.493 e. The second-order valence-corrected chi connectivity index (χ2v) is 3.32. The molecule has 0 bridgehead atoms. The molecule has 0 aliphatic carbocycles. The van der Waals surface area contributed by atoms with E-state index in [1.54, 1.807) is 12.1 Å². The maximum atomic E-state index is 10.6. The molecule has 2 N–H and O–H groups in total. The molecule has 86 valence electrons. The highest BCUT2D eigenvalue weighted by atomic mass is 35.5. The van der Waals surface area contributed by atoms with Crippen LogP contribution in [-0.2, 0) is 4.79 Å². The SMILES string of the molecule is COc1ccc(/C=C/C(N)=O)c(Cl)c1OC. The van der Waals surface area contributed by atoms with Gasteiger partial charge in [0.15, 0.2) is 11.5 Å². The minimum atomic E-state index is -0.536. The van der Waals surface area contributed by atoms with Crippen LogP contribution in [0.4, 0.5) is 0 Å². The second-order valence-electron chi connectivity index (χ2n) is 2.94. The molecule has 0 saturated carbocycles. The molecule has 0 unspecified atom stereocenters. The molecule has 0 radical (unpaired) electrons. The molecule has 0 spiro atoms. The third-order valence-electron chi connectivity index (χ3n) is 1.94. The zero-order valence-electron chi connectivity index (χ0n) is 8.99. The second kappa shape index (κ2) is 5.42. The van der Waals surface area contributed by atoms with Crippen LogP contribution in [0.1, 0.15) is 5.56 Å². The molecule has 0 saturated heterocycles. The van der Waals surface area contributed by atoms with Crippen LogP contribution in [0.5, 0.6) is 11.5 Å². The molecule has 1 amide bonds. The van der Waals surface area contributed by atoms with Crippen LogP contribution in [0.3, 0.4) is 0 Å². The third kappa shape index (κ3) is 2.67. The molecule has 0 atom stereocenters. The van der Waals surface area contributed by atoms with Crippen molar-refractivity contribution in [1.29, 1.82) is 0 Å². The number of primary amides is 1.